The molecule has 0 aliphatic carbocycles. The Morgan fingerprint density at radius 3 is 2.42 bits per heavy atom. The van der Waals surface area contributed by atoms with Gasteiger partial charge in [-0.1, -0.05) is 60.7 Å². The summed E-state index contributed by atoms with van der Waals surface area (Å²) in [6.07, 6.45) is 2.31. The summed E-state index contributed by atoms with van der Waals surface area (Å²) in [7, 11) is 0. The Morgan fingerprint density at radius 2 is 1.69 bits per heavy atom. The number of benzene rings is 2. The molecule has 4 aromatic rings. The molecule has 2 N–H and O–H groups in total. The molecule has 2 aromatic heterocycles. The van der Waals surface area contributed by atoms with Crippen LogP contribution in [0.5, 0.6) is 0 Å². The van der Waals surface area contributed by atoms with Gasteiger partial charge in [0.15, 0.2) is 0 Å². The van der Waals surface area contributed by atoms with Crippen molar-refractivity contribution in [3.63, 3.8) is 0 Å². The van der Waals surface area contributed by atoms with Crippen molar-refractivity contribution < 1.29 is 5.11 Å². The van der Waals surface area contributed by atoms with Gasteiger partial charge in [0.1, 0.15) is 17.0 Å². The van der Waals surface area contributed by atoms with E-state index < -0.39 is 0 Å². The summed E-state index contributed by atoms with van der Waals surface area (Å²) in [4.78, 5) is 10.9. The first-order chi connectivity index (χ1) is 12.8. The predicted octanol–water partition coefficient (Wildman–Crippen LogP) is 4.37. The van der Waals surface area contributed by atoms with Gasteiger partial charge in [0.2, 0.25) is 0 Å². The first kappa shape index (κ1) is 16.7. The minimum absolute atomic E-state index is 0.0378. The van der Waals surface area contributed by atoms with Crippen molar-refractivity contribution in [3.8, 4) is 10.4 Å². The number of aliphatic hydroxyl groups is 1. The molecule has 130 valence electrons. The van der Waals surface area contributed by atoms with Gasteiger partial charge in [-0.2, -0.15) is 0 Å². The summed E-state index contributed by atoms with van der Waals surface area (Å²) >= 11 is 1.65. The number of fused-ring (bicyclic) bond motifs is 1. The lowest BCUT2D eigenvalue weighted by Crippen LogP contribution is -2.27. The zero-order valence-electron chi connectivity index (χ0n) is 14.2. The number of nitrogens with one attached hydrogen (secondary N) is 1. The zero-order valence-corrected chi connectivity index (χ0v) is 15.0. The minimum Gasteiger partial charge on any atom is -0.394 e. The van der Waals surface area contributed by atoms with Crippen molar-refractivity contribution in [1.82, 2.24) is 9.97 Å². The smallest absolute Gasteiger partial charge is 0.138 e. The molecule has 0 aliphatic rings. The van der Waals surface area contributed by atoms with E-state index in [1.807, 2.05) is 36.4 Å². The lowest BCUT2D eigenvalue weighted by atomic mass is 10.1. The van der Waals surface area contributed by atoms with Crippen LogP contribution >= 0.6 is 11.3 Å². The van der Waals surface area contributed by atoms with Crippen LogP contribution in [0.1, 0.15) is 5.56 Å². The van der Waals surface area contributed by atoms with Crippen molar-refractivity contribution in [2.45, 2.75) is 12.5 Å². The number of hydrogen-bond acceptors (Lipinski definition) is 5. The van der Waals surface area contributed by atoms with Crippen LogP contribution in [0.15, 0.2) is 73.1 Å². The summed E-state index contributed by atoms with van der Waals surface area (Å²) in [5.74, 6) is 0.767. The molecule has 0 saturated carbocycles. The maximum atomic E-state index is 9.80. The molecule has 4 nitrogen and oxygen atoms in total. The van der Waals surface area contributed by atoms with Gasteiger partial charge in [-0.3, -0.25) is 0 Å². The van der Waals surface area contributed by atoms with E-state index in [4.69, 9.17) is 0 Å². The highest BCUT2D eigenvalue weighted by atomic mass is 32.1. The second-order valence-electron chi connectivity index (χ2n) is 6.13. The van der Waals surface area contributed by atoms with Crippen molar-refractivity contribution in [1.29, 1.82) is 0 Å². The highest BCUT2D eigenvalue weighted by Crippen LogP contribution is 2.35. The van der Waals surface area contributed by atoms with E-state index >= 15 is 0 Å². The molecule has 2 heterocycles. The minimum atomic E-state index is -0.101. The third-order valence-corrected chi connectivity index (χ3v) is 5.37. The normalized spacial score (nSPS) is 12.2. The van der Waals surface area contributed by atoms with Crippen LogP contribution in [0.25, 0.3) is 20.7 Å². The Bertz CT molecular complexity index is 986. The third kappa shape index (κ3) is 3.59. The summed E-state index contributed by atoms with van der Waals surface area (Å²) in [6.45, 7) is 0.0378. The van der Waals surface area contributed by atoms with E-state index in [9.17, 15) is 5.11 Å². The molecule has 2 aromatic carbocycles. The Balaban J connectivity index is 1.62. The van der Waals surface area contributed by atoms with E-state index in [0.29, 0.717) is 0 Å². The average molecular weight is 361 g/mol. The van der Waals surface area contributed by atoms with Crippen molar-refractivity contribution in [2.75, 3.05) is 11.9 Å². The van der Waals surface area contributed by atoms with E-state index in [0.717, 1.165) is 27.3 Å². The van der Waals surface area contributed by atoms with Crippen LogP contribution in [0.2, 0.25) is 0 Å². The molecule has 0 saturated heterocycles. The van der Waals surface area contributed by atoms with Crippen molar-refractivity contribution >= 4 is 27.4 Å². The van der Waals surface area contributed by atoms with E-state index in [1.165, 1.54) is 11.1 Å². The fourth-order valence-electron chi connectivity index (χ4n) is 2.97. The van der Waals surface area contributed by atoms with Crippen LogP contribution in [0.3, 0.4) is 0 Å². The largest absolute Gasteiger partial charge is 0.394 e. The SMILES string of the molecule is OCC(Cc1ccccc1)Nc1ncnc2sc(-c3ccccc3)cc12. The second kappa shape index (κ2) is 7.64. The highest BCUT2D eigenvalue weighted by Gasteiger charge is 2.14. The second-order valence-corrected chi connectivity index (χ2v) is 7.16. The lowest BCUT2D eigenvalue weighted by molar-refractivity contribution is 0.273. The van der Waals surface area contributed by atoms with Crippen LogP contribution in [0.4, 0.5) is 5.82 Å². The molecule has 0 aliphatic heterocycles. The van der Waals surface area contributed by atoms with E-state index in [1.54, 1.807) is 17.7 Å². The highest BCUT2D eigenvalue weighted by molar-refractivity contribution is 7.21. The molecule has 0 fully saturated rings. The Morgan fingerprint density at radius 1 is 0.962 bits per heavy atom. The topological polar surface area (TPSA) is 58.0 Å². The summed E-state index contributed by atoms with van der Waals surface area (Å²) in [5.41, 5.74) is 2.35. The third-order valence-electron chi connectivity index (χ3n) is 4.27. The molecular formula is C21H19N3OS. The van der Waals surface area contributed by atoms with Crippen LogP contribution < -0.4 is 5.32 Å². The number of thiophene rings is 1. The van der Waals surface area contributed by atoms with Gasteiger partial charge in [0.25, 0.3) is 0 Å². The molecule has 0 radical (unpaired) electrons. The Labute approximate surface area is 156 Å². The number of aromatic nitrogens is 2. The summed E-state index contributed by atoms with van der Waals surface area (Å²) < 4.78 is 0. The standard InChI is InChI=1S/C21H19N3OS/c25-13-17(11-15-7-3-1-4-8-15)24-20-18-12-19(16-9-5-2-6-10-16)26-21(18)23-14-22-20/h1-10,12,14,17,25H,11,13H2,(H,22,23,24). The van der Waals surface area contributed by atoms with E-state index in [-0.39, 0.29) is 12.6 Å². The first-order valence-corrected chi connectivity index (χ1v) is 9.36. The number of aliphatic hydroxyl groups excluding tert-OH is 1. The molecule has 5 heteroatoms. The van der Waals surface area contributed by atoms with Crippen LogP contribution in [-0.4, -0.2) is 27.7 Å². The van der Waals surface area contributed by atoms with Gasteiger partial charge in [-0.25, -0.2) is 9.97 Å². The number of hydrogen-bond donors (Lipinski definition) is 2. The monoisotopic (exact) mass is 361 g/mol. The molecule has 1 unspecified atom stereocenters. The average Bonchev–Trinajstić information content (AvgIpc) is 3.14. The molecule has 1 atom stereocenters. The fraction of sp³-hybridized carbons (Fsp3) is 0.143. The molecule has 26 heavy (non-hydrogen) atoms. The summed E-state index contributed by atoms with van der Waals surface area (Å²) in [6, 6.07) is 22.4. The number of nitrogens with zero attached hydrogens (tertiary/aromatic N) is 2. The maximum Gasteiger partial charge on any atom is 0.138 e. The van der Waals surface area contributed by atoms with Crippen molar-refractivity contribution in [2.24, 2.45) is 0 Å². The van der Waals surface area contributed by atoms with Crippen LogP contribution in [-0.2, 0) is 6.42 Å². The molecule has 0 spiro atoms. The maximum absolute atomic E-state index is 9.80. The molecule has 0 amide bonds. The predicted molar refractivity (Wildman–Crippen MR) is 107 cm³/mol. The fourth-order valence-corrected chi connectivity index (χ4v) is 3.97. The Hall–Kier alpha value is -2.76. The van der Waals surface area contributed by atoms with Gasteiger partial charge in [0.05, 0.1) is 18.0 Å². The van der Waals surface area contributed by atoms with E-state index in [2.05, 4.69) is 45.6 Å². The number of anilines is 1. The molecule has 0 bridgehead atoms. The van der Waals surface area contributed by atoms with Gasteiger partial charge < -0.3 is 10.4 Å². The first-order valence-electron chi connectivity index (χ1n) is 8.55. The molecular weight excluding hydrogens is 342 g/mol. The zero-order chi connectivity index (χ0) is 17.8. The van der Waals surface area contributed by atoms with Crippen molar-refractivity contribution in [3.05, 3.63) is 78.6 Å². The summed E-state index contributed by atoms with van der Waals surface area (Å²) in [5, 5.41) is 14.2. The van der Waals surface area contributed by atoms with Crippen LogP contribution in [0, 0.1) is 0 Å². The van der Waals surface area contributed by atoms with Gasteiger partial charge in [-0.15, -0.1) is 11.3 Å². The quantitative estimate of drug-likeness (QED) is 0.535. The van der Waals surface area contributed by atoms with Gasteiger partial charge in [0, 0.05) is 4.88 Å². The Kier molecular flexibility index (Phi) is 4.91. The van der Waals surface area contributed by atoms with Gasteiger partial charge >= 0.3 is 0 Å². The van der Waals surface area contributed by atoms with Gasteiger partial charge in [-0.05, 0) is 23.6 Å². The number of rotatable bonds is 6. The lowest BCUT2D eigenvalue weighted by Gasteiger charge is -2.17. The molecule has 4 rings (SSSR count).